The fourth-order valence-corrected chi connectivity index (χ4v) is 4.11. The van der Waals surface area contributed by atoms with Gasteiger partial charge in [0.05, 0.1) is 18.4 Å². The molecule has 3 N–H and O–H groups in total. The lowest BCUT2D eigenvalue weighted by Gasteiger charge is -2.18. The topological polar surface area (TPSA) is 121 Å². The van der Waals surface area contributed by atoms with E-state index in [9.17, 15) is 14.4 Å². The Morgan fingerprint density at radius 2 is 1.70 bits per heavy atom. The smallest absolute Gasteiger partial charge is 0.313 e. The number of nitrogens with one attached hydrogen (secondary N) is 3. The van der Waals surface area contributed by atoms with E-state index < -0.39 is 11.8 Å². The van der Waals surface area contributed by atoms with Crippen LogP contribution in [-0.4, -0.2) is 45.3 Å². The number of rotatable bonds is 7. The minimum absolute atomic E-state index is 0.0954. The molecule has 0 saturated carbocycles. The van der Waals surface area contributed by atoms with E-state index in [0.29, 0.717) is 17.2 Å². The average Bonchev–Trinajstić information content (AvgIpc) is 3.59. The number of nitrogens with zero attached hydrogens (tertiary/aromatic N) is 4. The lowest BCUT2D eigenvalue weighted by Crippen LogP contribution is -2.35. The van der Waals surface area contributed by atoms with Crippen molar-refractivity contribution in [2.75, 3.05) is 28.6 Å². The highest BCUT2D eigenvalue weighted by Gasteiger charge is 2.20. The highest BCUT2D eigenvalue weighted by Crippen LogP contribution is 2.27. The number of carbonyl (C=O) groups is 3. The second kappa shape index (κ2) is 10.7. The number of pyridine rings is 1. The molecule has 2 aromatic carbocycles. The Bertz CT molecular complexity index is 1400. The first-order valence-electron chi connectivity index (χ1n) is 11.8. The van der Waals surface area contributed by atoms with Crippen molar-refractivity contribution in [2.24, 2.45) is 0 Å². The first-order valence-corrected chi connectivity index (χ1v) is 11.8. The van der Waals surface area contributed by atoms with Crippen LogP contribution in [0.2, 0.25) is 0 Å². The molecule has 0 bridgehead atoms. The van der Waals surface area contributed by atoms with E-state index in [2.05, 4.69) is 36.9 Å². The van der Waals surface area contributed by atoms with Crippen LogP contribution in [-0.2, 0) is 27.3 Å². The number of fused-ring (bicyclic) bond motifs is 1. The maximum atomic E-state index is 12.5. The summed E-state index contributed by atoms with van der Waals surface area (Å²) >= 11 is 0. The van der Waals surface area contributed by atoms with Gasteiger partial charge >= 0.3 is 11.8 Å². The van der Waals surface area contributed by atoms with Crippen LogP contribution in [0.1, 0.15) is 11.1 Å². The van der Waals surface area contributed by atoms with Gasteiger partial charge in [0.1, 0.15) is 12.1 Å². The zero-order valence-corrected chi connectivity index (χ0v) is 19.9. The van der Waals surface area contributed by atoms with Crippen molar-refractivity contribution in [1.82, 2.24) is 19.9 Å². The molecule has 2 aromatic heterocycles. The van der Waals surface area contributed by atoms with Gasteiger partial charge in [-0.05, 0) is 47.9 Å². The van der Waals surface area contributed by atoms with E-state index in [1.807, 2.05) is 18.2 Å². The number of aromatic nitrogens is 3. The fraction of sp³-hybridized carbons (Fsp3) is 0.148. The molecule has 0 aliphatic carbocycles. The minimum atomic E-state index is -0.787. The van der Waals surface area contributed by atoms with Crippen molar-refractivity contribution < 1.29 is 14.4 Å². The molecule has 10 nitrogen and oxygen atoms in total. The third kappa shape index (κ3) is 5.81. The summed E-state index contributed by atoms with van der Waals surface area (Å²) in [7, 11) is 0. The van der Waals surface area contributed by atoms with Crippen LogP contribution in [0.15, 0.2) is 85.6 Å². The molecule has 3 heterocycles. The molecule has 0 radical (unpaired) electrons. The summed E-state index contributed by atoms with van der Waals surface area (Å²) < 4.78 is 1.72. The molecule has 4 aromatic rings. The molecular formula is C27H25N7O3. The van der Waals surface area contributed by atoms with Gasteiger partial charge in [0.25, 0.3) is 0 Å². The summed E-state index contributed by atoms with van der Waals surface area (Å²) in [5.74, 6) is -1.01. The van der Waals surface area contributed by atoms with Crippen molar-refractivity contribution in [2.45, 2.75) is 13.0 Å². The highest BCUT2D eigenvalue weighted by atomic mass is 16.2. The Morgan fingerprint density at radius 1 is 0.892 bits per heavy atom. The van der Waals surface area contributed by atoms with Crippen molar-refractivity contribution in [1.29, 1.82) is 0 Å². The molecule has 0 unspecified atom stereocenters. The van der Waals surface area contributed by atoms with Crippen LogP contribution in [0.4, 0.5) is 17.1 Å². The quantitative estimate of drug-likeness (QED) is 0.339. The van der Waals surface area contributed by atoms with Gasteiger partial charge in [-0.2, -0.15) is 0 Å². The highest BCUT2D eigenvalue weighted by molar-refractivity contribution is 6.39. The molecule has 186 valence electrons. The Morgan fingerprint density at radius 3 is 2.46 bits per heavy atom. The zero-order valence-electron chi connectivity index (χ0n) is 19.9. The molecule has 10 heteroatoms. The molecule has 0 spiro atoms. The summed E-state index contributed by atoms with van der Waals surface area (Å²) in [4.78, 5) is 47.2. The predicted molar refractivity (Wildman–Crippen MR) is 139 cm³/mol. The SMILES string of the molecule is O=C(CN1CCc2ccccc21)Nc1ccc(CNC(=O)C(=O)Nc2ccc(-n3ccnc3)nc2)cc1. The number of hydrogen-bond donors (Lipinski definition) is 3. The zero-order chi connectivity index (χ0) is 25.6. The van der Waals surface area contributed by atoms with Crippen molar-refractivity contribution >= 4 is 34.8 Å². The van der Waals surface area contributed by atoms with Crippen LogP contribution in [0.3, 0.4) is 0 Å². The number of anilines is 3. The van der Waals surface area contributed by atoms with E-state index in [-0.39, 0.29) is 19.0 Å². The van der Waals surface area contributed by atoms with Gasteiger partial charge in [-0.1, -0.05) is 30.3 Å². The maximum absolute atomic E-state index is 12.5. The Kier molecular flexibility index (Phi) is 6.89. The second-order valence-electron chi connectivity index (χ2n) is 8.56. The van der Waals surface area contributed by atoms with Gasteiger partial charge < -0.3 is 20.9 Å². The van der Waals surface area contributed by atoms with Crippen LogP contribution in [0, 0.1) is 0 Å². The fourth-order valence-electron chi connectivity index (χ4n) is 4.11. The third-order valence-corrected chi connectivity index (χ3v) is 5.99. The summed E-state index contributed by atoms with van der Waals surface area (Å²) in [5.41, 5.74) is 4.23. The average molecular weight is 496 g/mol. The van der Waals surface area contributed by atoms with E-state index in [4.69, 9.17) is 0 Å². The first kappa shape index (κ1) is 23.7. The van der Waals surface area contributed by atoms with Gasteiger partial charge in [-0.15, -0.1) is 0 Å². The van der Waals surface area contributed by atoms with Gasteiger partial charge in [-0.25, -0.2) is 9.97 Å². The monoisotopic (exact) mass is 495 g/mol. The normalized spacial score (nSPS) is 12.1. The number of amides is 3. The molecule has 1 aliphatic rings. The molecule has 0 atom stereocenters. The summed E-state index contributed by atoms with van der Waals surface area (Å²) in [6.07, 6.45) is 7.41. The van der Waals surface area contributed by atoms with Gasteiger partial charge in [0.2, 0.25) is 5.91 Å². The van der Waals surface area contributed by atoms with E-state index in [0.717, 1.165) is 24.2 Å². The van der Waals surface area contributed by atoms with Crippen molar-refractivity contribution in [3.8, 4) is 5.82 Å². The lowest BCUT2D eigenvalue weighted by molar-refractivity contribution is -0.136. The standard InChI is InChI=1S/C27H25N7O3/c35-25(17-33-13-11-20-3-1-2-4-23(20)33)31-21-7-5-19(6-8-21)15-30-26(36)27(37)32-22-9-10-24(29-16-22)34-14-12-28-18-34/h1-10,12,14,16,18H,11,13,15,17H2,(H,30,36)(H,31,35)(H,32,37). The third-order valence-electron chi connectivity index (χ3n) is 5.99. The van der Waals surface area contributed by atoms with Crippen molar-refractivity contribution in [3.63, 3.8) is 0 Å². The summed E-state index contributed by atoms with van der Waals surface area (Å²) in [5, 5.41) is 8.03. The molecule has 0 saturated heterocycles. The van der Waals surface area contributed by atoms with Crippen LogP contribution in [0.5, 0.6) is 0 Å². The number of carbonyl (C=O) groups excluding carboxylic acids is 3. The van der Waals surface area contributed by atoms with Crippen LogP contribution >= 0.6 is 0 Å². The number of benzene rings is 2. The second-order valence-corrected chi connectivity index (χ2v) is 8.56. The summed E-state index contributed by atoms with van der Waals surface area (Å²) in [6.45, 7) is 1.28. The first-order chi connectivity index (χ1) is 18.0. The number of para-hydroxylation sites is 1. The van der Waals surface area contributed by atoms with Gasteiger partial charge in [0, 0.05) is 36.9 Å². The molecular weight excluding hydrogens is 470 g/mol. The predicted octanol–water partition coefficient (Wildman–Crippen LogP) is 2.52. The Hall–Kier alpha value is -4.99. The largest absolute Gasteiger partial charge is 0.362 e. The minimum Gasteiger partial charge on any atom is -0.362 e. The molecule has 1 aliphatic heterocycles. The van der Waals surface area contributed by atoms with Crippen LogP contribution < -0.4 is 20.9 Å². The van der Waals surface area contributed by atoms with Gasteiger partial charge in [0.15, 0.2) is 0 Å². The number of hydrogen-bond acceptors (Lipinski definition) is 6. The number of imidazole rings is 1. The Balaban J connectivity index is 1.07. The van der Waals surface area contributed by atoms with E-state index in [1.165, 1.54) is 11.8 Å². The molecule has 37 heavy (non-hydrogen) atoms. The molecule has 5 rings (SSSR count). The Labute approximate surface area is 213 Å². The van der Waals surface area contributed by atoms with E-state index >= 15 is 0 Å². The maximum Gasteiger partial charge on any atom is 0.313 e. The molecule has 0 fully saturated rings. The molecule has 3 amide bonds. The lowest BCUT2D eigenvalue weighted by atomic mass is 10.2. The van der Waals surface area contributed by atoms with Crippen molar-refractivity contribution in [3.05, 3.63) is 96.7 Å². The van der Waals surface area contributed by atoms with Crippen LogP contribution in [0.25, 0.3) is 5.82 Å². The van der Waals surface area contributed by atoms with E-state index in [1.54, 1.807) is 59.7 Å². The summed E-state index contributed by atoms with van der Waals surface area (Å²) in [6, 6.07) is 18.6. The van der Waals surface area contributed by atoms with Gasteiger partial charge in [-0.3, -0.25) is 19.0 Å².